The molecule has 2 aromatic carbocycles. The molecule has 0 fully saturated rings. The third-order valence-corrected chi connectivity index (χ3v) is 5.40. The Morgan fingerprint density at radius 2 is 2.12 bits per heavy atom. The van der Waals surface area contributed by atoms with Crippen LogP contribution < -0.4 is 5.32 Å². The van der Waals surface area contributed by atoms with E-state index in [1.807, 2.05) is 31.2 Å². The quantitative estimate of drug-likeness (QED) is 0.618. The first-order chi connectivity index (χ1) is 11.5. The van der Waals surface area contributed by atoms with Crippen molar-refractivity contribution in [1.82, 2.24) is 0 Å². The van der Waals surface area contributed by atoms with Crippen LogP contribution in [0, 0.1) is 12.7 Å². The summed E-state index contributed by atoms with van der Waals surface area (Å²) in [6.07, 6.45) is 0. The first-order valence-corrected chi connectivity index (χ1v) is 8.88. The highest BCUT2D eigenvalue weighted by molar-refractivity contribution is 9.10. The van der Waals surface area contributed by atoms with Crippen molar-refractivity contribution in [1.29, 1.82) is 0 Å². The molecule has 0 spiro atoms. The fourth-order valence-electron chi connectivity index (χ4n) is 2.54. The lowest BCUT2D eigenvalue weighted by atomic mass is 10.1. The molecule has 0 aliphatic carbocycles. The number of rotatable bonds is 4. The van der Waals surface area contributed by atoms with Crippen LogP contribution in [-0.4, -0.2) is 13.0 Å². The summed E-state index contributed by atoms with van der Waals surface area (Å²) in [5.74, 6) is -0.600. The maximum absolute atomic E-state index is 14.2. The summed E-state index contributed by atoms with van der Waals surface area (Å²) in [4.78, 5) is 13.2. The van der Waals surface area contributed by atoms with Crippen molar-refractivity contribution < 1.29 is 13.9 Å². The number of anilines is 1. The molecule has 3 rings (SSSR count). The van der Waals surface area contributed by atoms with Crippen LogP contribution in [-0.2, 0) is 11.3 Å². The monoisotopic (exact) mass is 407 g/mol. The van der Waals surface area contributed by atoms with Crippen LogP contribution in [0.5, 0.6) is 0 Å². The molecule has 24 heavy (non-hydrogen) atoms. The number of thiophene rings is 1. The van der Waals surface area contributed by atoms with Crippen molar-refractivity contribution in [2.45, 2.75) is 13.5 Å². The number of aryl methyl sites for hydroxylation is 1. The van der Waals surface area contributed by atoms with Crippen LogP contribution in [0.4, 0.5) is 10.1 Å². The summed E-state index contributed by atoms with van der Waals surface area (Å²) < 4.78 is 21.0. The lowest BCUT2D eigenvalue weighted by molar-refractivity contribution is 0.102. The van der Waals surface area contributed by atoms with E-state index in [1.54, 1.807) is 6.07 Å². The molecule has 124 valence electrons. The molecule has 0 saturated heterocycles. The van der Waals surface area contributed by atoms with E-state index in [0.29, 0.717) is 15.8 Å². The van der Waals surface area contributed by atoms with E-state index in [0.717, 1.165) is 20.4 Å². The molecule has 3 nitrogen and oxygen atoms in total. The average molecular weight is 408 g/mol. The van der Waals surface area contributed by atoms with Gasteiger partial charge in [0, 0.05) is 32.9 Å². The molecule has 0 unspecified atom stereocenters. The molecule has 0 aliphatic rings. The Hall–Kier alpha value is -1.76. The zero-order valence-corrected chi connectivity index (χ0v) is 15.6. The van der Waals surface area contributed by atoms with E-state index in [4.69, 9.17) is 4.74 Å². The van der Waals surface area contributed by atoms with Crippen molar-refractivity contribution >= 4 is 48.9 Å². The fourth-order valence-corrected chi connectivity index (χ4v) is 4.02. The number of hydrogen-bond donors (Lipinski definition) is 1. The first-order valence-electron chi connectivity index (χ1n) is 7.27. The van der Waals surface area contributed by atoms with Gasteiger partial charge in [0.2, 0.25) is 0 Å². The van der Waals surface area contributed by atoms with E-state index < -0.39 is 0 Å². The second-order valence-corrected chi connectivity index (χ2v) is 7.34. The normalized spacial score (nSPS) is 11.0. The standard InChI is InChI=1S/C18H15BrFNO2S/c1-10-6-7-11(19)8-14(10)21-18(22)17-12(9-23-2)16-13(20)4-3-5-15(16)24-17/h3-8H,9H2,1-2H3,(H,21,22). The van der Waals surface area contributed by atoms with Gasteiger partial charge in [0.25, 0.3) is 5.91 Å². The second-order valence-electron chi connectivity index (χ2n) is 5.37. The number of ether oxygens (including phenoxy) is 1. The minimum atomic E-state index is -0.339. The van der Waals surface area contributed by atoms with Crippen LogP contribution >= 0.6 is 27.3 Å². The molecule has 0 bridgehead atoms. The average Bonchev–Trinajstić information content (AvgIpc) is 2.91. The Morgan fingerprint density at radius 1 is 1.33 bits per heavy atom. The van der Waals surface area contributed by atoms with Crippen LogP contribution in [0.1, 0.15) is 20.8 Å². The summed E-state index contributed by atoms with van der Waals surface area (Å²) >= 11 is 4.67. The van der Waals surface area contributed by atoms with Crippen molar-refractivity contribution in [3.63, 3.8) is 0 Å². The molecule has 1 N–H and O–H groups in total. The highest BCUT2D eigenvalue weighted by atomic mass is 79.9. The Balaban J connectivity index is 2.05. The van der Waals surface area contributed by atoms with Gasteiger partial charge >= 0.3 is 0 Å². The molecule has 1 heterocycles. The minimum Gasteiger partial charge on any atom is -0.380 e. The van der Waals surface area contributed by atoms with E-state index >= 15 is 0 Å². The Kier molecular flexibility index (Phi) is 4.99. The first kappa shape index (κ1) is 17.1. The van der Waals surface area contributed by atoms with Crippen molar-refractivity contribution in [3.05, 3.63) is 62.7 Å². The van der Waals surface area contributed by atoms with Gasteiger partial charge in [-0.15, -0.1) is 11.3 Å². The van der Waals surface area contributed by atoms with Gasteiger partial charge < -0.3 is 10.1 Å². The van der Waals surface area contributed by atoms with Gasteiger partial charge in [-0.05, 0) is 36.8 Å². The fraction of sp³-hybridized carbons (Fsp3) is 0.167. The highest BCUT2D eigenvalue weighted by Gasteiger charge is 2.21. The summed E-state index contributed by atoms with van der Waals surface area (Å²) in [5.41, 5.74) is 2.25. The second kappa shape index (κ2) is 7.01. The molecular formula is C18H15BrFNO2S. The SMILES string of the molecule is COCc1c(C(=O)Nc2cc(Br)ccc2C)sc2cccc(F)c12. The summed E-state index contributed by atoms with van der Waals surface area (Å²) in [6.45, 7) is 2.10. The lowest BCUT2D eigenvalue weighted by Gasteiger charge is -2.09. The van der Waals surface area contributed by atoms with Gasteiger partial charge in [-0.3, -0.25) is 4.79 Å². The van der Waals surface area contributed by atoms with Gasteiger partial charge in [-0.25, -0.2) is 4.39 Å². The summed E-state index contributed by atoms with van der Waals surface area (Å²) in [5, 5.41) is 3.37. The third-order valence-electron chi connectivity index (χ3n) is 3.71. The number of benzene rings is 2. The zero-order valence-electron chi connectivity index (χ0n) is 13.2. The maximum atomic E-state index is 14.2. The molecule has 0 aliphatic heterocycles. The number of fused-ring (bicyclic) bond motifs is 1. The molecule has 0 saturated carbocycles. The van der Waals surface area contributed by atoms with Gasteiger partial charge in [-0.2, -0.15) is 0 Å². The van der Waals surface area contributed by atoms with E-state index in [2.05, 4.69) is 21.2 Å². The van der Waals surface area contributed by atoms with Crippen molar-refractivity contribution in [2.24, 2.45) is 0 Å². The van der Waals surface area contributed by atoms with Gasteiger partial charge in [0.1, 0.15) is 5.82 Å². The van der Waals surface area contributed by atoms with E-state index in [9.17, 15) is 9.18 Å². The van der Waals surface area contributed by atoms with Crippen LogP contribution in [0.25, 0.3) is 10.1 Å². The van der Waals surface area contributed by atoms with E-state index in [1.165, 1.54) is 24.5 Å². The highest BCUT2D eigenvalue weighted by Crippen LogP contribution is 2.34. The molecule has 6 heteroatoms. The van der Waals surface area contributed by atoms with Crippen LogP contribution in [0.3, 0.4) is 0 Å². The Bertz CT molecular complexity index is 923. The number of carbonyl (C=O) groups excluding carboxylic acids is 1. The molecule has 1 amide bonds. The number of amides is 1. The molecule has 0 radical (unpaired) electrons. The Morgan fingerprint density at radius 3 is 2.88 bits per heavy atom. The smallest absolute Gasteiger partial charge is 0.266 e. The molecule has 3 aromatic rings. The predicted octanol–water partition coefficient (Wildman–Crippen LogP) is 5.51. The number of methoxy groups -OCH3 is 1. The largest absolute Gasteiger partial charge is 0.380 e. The molecular weight excluding hydrogens is 393 g/mol. The van der Waals surface area contributed by atoms with Gasteiger partial charge in [0.05, 0.1) is 11.5 Å². The van der Waals surface area contributed by atoms with E-state index in [-0.39, 0.29) is 18.3 Å². The van der Waals surface area contributed by atoms with Crippen molar-refractivity contribution in [2.75, 3.05) is 12.4 Å². The lowest BCUT2D eigenvalue weighted by Crippen LogP contribution is -2.13. The van der Waals surface area contributed by atoms with Crippen molar-refractivity contribution in [3.8, 4) is 0 Å². The summed E-state index contributed by atoms with van der Waals surface area (Å²) in [7, 11) is 1.53. The third kappa shape index (κ3) is 3.22. The Labute approximate surface area is 151 Å². The zero-order chi connectivity index (χ0) is 17.3. The number of nitrogens with one attached hydrogen (secondary N) is 1. The van der Waals surface area contributed by atoms with Crippen LogP contribution in [0.15, 0.2) is 40.9 Å². The predicted molar refractivity (Wildman–Crippen MR) is 99.3 cm³/mol. The topological polar surface area (TPSA) is 38.3 Å². The van der Waals surface area contributed by atoms with Gasteiger partial charge in [-0.1, -0.05) is 28.1 Å². The molecule has 0 atom stereocenters. The minimum absolute atomic E-state index is 0.182. The van der Waals surface area contributed by atoms with Gasteiger partial charge in [0.15, 0.2) is 0 Å². The van der Waals surface area contributed by atoms with Crippen LogP contribution in [0.2, 0.25) is 0 Å². The maximum Gasteiger partial charge on any atom is 0.266 e. The number of halogens is 2. The molecule has 1 aromatic heterocycles. The summed E-state index contributed by atoms with van der Waals surface area (Å²) in [6, 6.07) is 10.5. The number of carbonyl (C=O) groups is 1. The number of hydrogen-bond acceptors (Lipinski definition) is 3.